The number of hydrogen-bond acceptors (Lipinski definition) is 0. The fourth-order valence-corrected chi connectivity index (χ4v) is 1.37. The van der Waals surface area contributed by atoms with Gasteiger partial charge in [0.15, 0.2) is 0 Å². The van der Waals surface area contributed by atoms with Crippen molar-refractivity contribution < 1.29 is 46.4 Å². The summed E-state index contributed by atoms with van der Waals surface area (Å²) in [5.74, 6) is 0. The van der Waals surface area contributed by atoms with Gasteiger partial charge < -0.3 is 24.0 Å². The average molecular weight is 616 g/mol. The Labute approximate surface area is 190 Å². The van der Waals surface area contributed by atoms with Gasteiger partial charge in [0, 0.05) is 0 Å². The van der Waals surface area contributed by atoms with Crippen LogP contribution in [0.25, 0.3) is 0 Å². The second-order valence-electron chi connectivity index (χ2n) is 4.31. The second-order valence-corrected chi connectivity index (χ2v) is 4.31. The number of rotatable bonds is 0. The molecular formula is C24H20ITa. The first kappa shape index (κ1) is 26.6. The molecule has 0 aliphatic heterocycles. The van der Waals surface area contributed by atoms with E-state index in [4.69, 9.17) is 0 Å². The van der Waals surface area contributed by atoms with Crippen LogP contribution in [0, 0.1) is 24.3 Å². The van der Waals surface area contributed by atoms with Gasteiger partial charge in [0.05, 0.1) is 0 Å². The van der Waals surface area contributed by atoms with Crippen LogP contribution in [-0.2, 0) is 22.4 Å². The van der Waals surface area contributed by atoms with Crippen LogP contribution in [-0.4, -0.2) is 0 Å². The zero-order valence-electron chi connectivity index (χ0n) is 14.4. The molecule has 0 bridgehead atoms. The topological polar surface area (TPSA) is 0 Å². The molecule has 0 aliphatic carbocycles. The van der Waals surface area contributed by atoms with E-state index in [1.165, 1.54) is 0 Å². The number of hydrogen-bond donors (Lipinski definition) is 0. The third kappa shape index (κ3) is 20.4. The minimum absolute atomic E-state index is 0. The van der Waals surface area contributed by atoms with Gasteiger partial charge in [0.1, 0.15) is 0 Å². The molecule has 0 heterocycles. The van der Waals surface area contributed by atoms with E-state index in [1.807, 2.05) is 121 Å². The van der Waals surface area contributed by atoms with Crippen LogP contribution >= 0.6 is 0 Å². The van der Waals surface area contributed by atoms with Gasteiger partial charge in [-0.2, -0.15) is 146 Å². The fourth-order valence-electron chi connectivity index (χ4n) is 1.37. The zero-order chi connectivity index (χ0) is 17.0. The van der Waals surface area contributed by atoms with E-state index in [0.29, 0.717) is 0 Å². The van der Waals surface area contributed by atoms with Crippen molar-refractivity contribution >= 4 is 0 Å². The first-order valence-corrected chi connectivity index (χ1v) is 7.64. The van der Waals surface area contributed by atoms with E-state index in [9.17, 15) is 0 Å². The molecule has 0 nitrogen and oxygen atoms in total. The Bertz CT molecular complexity index is 426. The maximum Gasteiger partial charge on any atom is 5.00 e. The van der Waals surface area contributed by atoms with E-state index < -0.39 is 0 Å². The molecule has 2 heteroatoms. The largest absolute Gasteiger partial charge is 5.00 e. The Morgan fingerprint density at radius 2 is 0.423 bits per heavy atom. The van der Waals surface area contributed by atoms with Crippen molar-refractivity contribution in [3.8, 4) is 0 Å². The van der Waals surface area contributed by atoms with E-state index in [1.54, 1.807) is 0 Å². The third-order valence-corrected chi connectivity index (χ3v) is 2.43. The van der Waals surface area contributed by atoms with E-state index >= 15 is 0 Å². The third-order valence-electron chi connectivity index (χ3n) is 2.43. The molecule has 0 aromatic heterocycles. The quantitative estimate of drug-likeness (QED) is 0.211. The van der Waals surface area contributed by atoms with E-state index in [2.05, 4.69) is 24.3 Å². The summed E-state index contributed by atoms with van der Waals surface area (Å²) in [6.45, 7) is 0. The Balaban J connectivity index is 0. The van der Waals surface area contributed by atoms with Crippen molar-refractivity contribution in [3.63, 3.8) is 0 Å². The second kappa shape index (κ2) is 23.4. The predicted octanol–water partition coefficient (Wildman–Crippen LogP) is 2.95. The first-order valence-electron chi connectivity index (χ1n) is 7.64. The van der Waals surface area contributed by atoms with Crippen LogP contribution in [0.5, 0.6) is 0 Å². The minimum Gasteiger partial charge on any atom is -1.00 e. The monoisotopic (exact) mass is 616 g/mol. The molecule has 4 rings (SSSR count). The summed E-state index contributed by atoms with van der Waals surface area (Å²) in [4.78, 5) is 0. The van der Waals surface area contributed by atoms with Crippen LogP contribution in [0.15, 0.2) is 121 Å². The van der Waals surface area contributed by atoms with Crippen molar-refractivity contribution in [2.24, 2.45) is 0 Å². The van der Waals surface area contributed by atoms with Gasteiger partial charge in [-0.25, -0.2) is 0 Å². The molecule has 0 atom stereocenters. The molecule has 4 aromatic rings. The molecule has 128 valence electrons. The van der Waals surface area contributed by atoms with Crippen molar-refractivity contribution in [2.75, 3.05) is 0 Å². The Morgan fingerprint density at radius 1 is 0.269 bits per heavy atom. The molecule has 0 amide bonds. The molecule has 0 N–H and O–H groups in total. The van der Waals surface area contributed by atoms with Crippen molar-refractivity contribution in [3.05, 3.63) is 146 Å². The SMILES string of the molecule is [I-].[Ta+5].[c-]1ccccc1.[c-]1ccccc1.[c-]1ccccc1.[c-]1ccccc1. The maximum atomic E-state index is 2.89. The molecule has 0 fully saturated rings. The molecule has 0 spiro atoms. The Morgan fingerprint density at radius 3 is 0.462 bits per heavy atom. The van der Waals surface area contributed by atoms with Crippen LogP contribution in [0.3, 0.4) is 0 Å². The number of halogens is 1. The zero-order valence-corrected chi connectivity index (χ0v) is 19.7. The first-order chi connectivity index (χ1) is 12.0. The van der Waals surface area contributed by atoms with Gasteiger partial charge >= 0.3 is 22.4 Å². The van der Waals surface area contributed by atoms with Crippen LogP contribution < -0.4 is 24.0 Å². The summed E-state index contributed by atoms with van der Waals surface area (Å²) in [6, 6.07) is 50.0. The molecular weight excluding hydrogens is 596 g/mol. The minimum atomic E-state index is 0. The van der Waals surface area contributed by atoms with Crippen molar-refractivity contribution in [1.29, 1.82) is 0 Å². The van der Waals surface area contributed by atoms with Gasteiger partial charge in [-0.05, 0) is 0 Å². The van der Waals surface area contributed by atoms with Crippen LogP contribution in [0.2, 0.25) is 0 Å². The van der Waals surface area contributed by atoms with Crippen LogP contribution in [0.1, 0.15) is 0 Å². The van der Waals surface area contributed by atoms with Crippen LogP contribution in [0.4, 0.5) is 0 Å². The normalized spacial score (nSPS) is 7.38. The average Bonchev–Trinajstić information content (AvgIpc) is 2.75. The van der Waals surface area contributed by atoms with E-state index in [-0.39, 0.29) is 46.4 Å². The van der Waals surface area contributed by atoms with Crippen molar-refractivity contribution in [1.82, 2.24) is 0 Å². The molecule has 0 saturated carbocycles. The molecule has 26 heavy (non-hydrogen) atoms. The smallest absolute Gasteiger partial charge is 1.00 e. The Hall–Kier alpha value is -1.65. The molecule has 0 saturated heterocycles. The summed E-state index contributed by atoms with van der Waals surface area (Å²) >= 11 is 0. The predicted molar refractivity (Wildman–Crippen MR) is 101 cm³/mol. The van der Waals surface area contributed by atoms with Gasteiger partial charge in [-0.1, -0.05) is 0 Å². The molecule has 4 aromatic carbocycles. The van der Waals surface area contributed by atoms with Crippen molar-refractivity contribution in [2.45, 2.75) is 0 Å². The molecule has 0 aliphatic rings. The Kier molecular flexibility index (Phi) is 23.9. The summed E-state index contributed by atoms with van der Waals surface area (Å²) in [7, 11) is 0. The molecule has 0 unspecified atom stereocenters. The van der Waals surface area contributed by atoms with E-state index in [0.717, 1.165) is 0 Å². The summed E-state index contributed by atoms with van der Waals surface area (Å²) in [6.07, 6.45) is 0. The van der Waals surface area contributed by atoms with Gasteiger partial charge in [-0.3, -0.25) is 0 Å². The number of benzene rings is 4. The summed E-state index contributed by atoms with van der Waals surface area (Å²) in [5, 5.41) is 0. The van der Waals surface area contributed by atoms with Gasteiger partial charge in [0.25, 0.3) is 0 Å². The molecule has 0 radical (unpaired) electrons. The van der Waals surface area contributed by atoms with Gasteiger partial charge in [0.2, 0.25) is 0 Å². The standard InChI is InChI=1S/4C6H5.HI.Ta/c4*1-2-4-6-5-3-1;;/h4*1-5H;1H;/q4*-1;;+5/p-1. The fraction of sp³-hybridized carbons (Fsp3) is 0. The summed E-state index contributed by atoms with van der Waals surface area (Å²) < 4.78 is 0. The maximum absolute atomic E-state index is 2.89. The van der Waals surface area contributed by atoms with Gasteiger partial charge in [-0.15, -0.1) is 0 Å². The summed E-state index contributed by atoms with van der Waals surface area (Å²) in [5.41, 5.74) is 0.